The Balaban J connectivity index is 2.46. The average molecular weight is 253 g/mol. The van der Waals surface area contributed by atoms with E-state index in [1.807, 2.05) is 13.8 Å². The topological polar surface area (TPSA) is 52.3 Å². The second-order valence-corrected chi connectivity index (χ2v) is 4.60. The predicted octanol–water partition coefficient (Wildman–Crippen LogP) is 3.55. The van der Waals surface area contributed by atoms with Crippen LogP contribution in [0.2, 0.25) is 0 Å². The number of unbranched alkanes of at least 4 members (excludes halogenated alkanes) is 1. The third kappa shape index (κ3) is 4.17. The monoisotopic (exact) mass is 253 g/mol. The van der Waals surface area contributed by atoms with E-state index in [0.717, 1.165) is 31.4 Å². The summed E-state index contributed by atoms with van der Waals surface area (Å²) in [5.41, 5.74) is 0.793. The van der Waals surface area contributed by atoms with Gasteiger partial charge in [-0.2, -0.15) is 0 Å². The molecule has 0 aliphatic carbocycles. The molecule has 0 bridgehead atoms. The van der Waals surface area contributed by atoms with Crippen LogP contribution in [0.4, 0.5) is 0 Å². The quantitative estimate of drug-likeness (QED) is 0.697. The van der Waals surface area contributed by atoms with Gasteiger partial charge in [0.25, 0.3) is 0 Å². The van der Waals surface area contributed by atoms with Crippen LogP contribution in [-0.2, 0) is 16.1 Å². The summed E-state index contributed by atoms with van der Waals surface area (Å²) in [4.78, 5) is 16.0. The molecule has 4 heteroatoms. The Kier molecular flexibility index (Phi) is 5.89. The molecule has 0 radical (unpaired) electrons. The van der Waals surface area contributed by atoms with Gasteiger partial charge in [0.2, 0.25) is 0 Å². The van der Waals surface area contributed by atoms with E-state index in [1.54, 1.807) is 6.92 Å². The van der Waals surface area contributed by atoms with Gasteiger partial charge in [-0.25, -0.2) is 4.98 Å². The van der Waals surface area contributed by atoms with Crippen LogP contribution in [0.1, 0.15) is 56.9 Å². The summed E-state index contributed by atoms with van der Waals surface area (Å²) in [5, 5.41) is 0. The normalized spacial score (nSPS) is 12.4. The highest BCUT2D eigenvalue weighted by Crippen LogP contribution is 2.16. The average Bonchev–Trinajstić information content (AvgIpc) is 2.66. The second-order valence-electron chi connectivity index (χ2n) is 4.60. The number of esters is 1. The maximum Gasteiger partial charge on any atom is 0.309 e. The van der Waals surface area contributed by atoms with Crippen molar-refractivity contribution in [2.75, 3.05) is 0 Å². The lowest BCUT2D eigenvalue weighted by molar-refractivity contribution is -0.150. The number of hydrogen-bond donors (Lipinski definition) is 0. The molecule has 0 saturated carbocycles. The van der Waals surface area contributed by atoms with Crippen molar-refractivity contribution in [1.29, 1.82) is 0 Å². The van der Waals surface area contributed by atoms with Crippen LogP contribution in [0.3, 0.4) is 0 Å². The highest BCUT2D eigenvalue weighted by Gasteiger charge is 2.18. The molecule has 0 fully saturated rings. The molecule has 0 spiro atoms. The molecule has 1 atom stereocenters. The van der Waals surface area contributed by atoms with Gasteiger partial charge in [-0.15, -0.1) is 0 Å². The first kappa shape index (κ1) is 14.7. The van der Waals surface area contributed by atoms with E-state index >= 15 is 0 Å². The van der Waals surface area contributed by atoms with E-state index < -0.39 is 0 Å². The fraction of sp³-hybridized carbons (Fsp3) is 0.714. The molecule has 1 aromatic heterocycles. The van der Waals surface area contributed by atoms with Gasteiger partial charge in [-0.3, -0.25) is 4.79 Å². The standard InChI is InChI=1S/C14H23NO3/c1-5-7-8-12(6-2)14(16)17-9-13-10(3)15-11(4)18-13/h12H,5-9H2,1-4H3. The highest BCUT2D eigenvalue weighted by molar-refractivity contribution is 5.72. The Bertz CT molecular complexity index is 384. The molecular weight excluding hydrogens is 230 g/mol. The number of carbonyl (C=O) groups is 1. The van der Waals surface area contributed by atoms with Crippen LogP contribution >= 0.6 is 0 Å². The molecule has 0 aliphatic heterocycles. The van der Waals surface area contributed by atoms with E-state index in [9.17, 15) is 4.79 Å². The molecule has 1 aromatic rings. The Morgan fingerprint density at radius 2 is 2.11 bits per heavy atom. The Labute approximate surface area is 109 Å². The number of nitrogens with zero attached hydrogens (tertiary/aromatic N) is 1. The molecule has 0 aliphatic rings. The summed E-state index contributed by atoms with van der Waals surface area (Å²) in [7, 11) is 0. The minimum absolute atomic E-state index is 0.00859. The van der Waals surface area contributed by atoms with E-state index in [1.165, 1.54) is 0 Å². The van der Waals surface area contributed by atoms with E-state index in [-0.39, 0.29) is 18.5 Å². The van der Waals surface area contributed by atoms with Gasteiger partial charge in [0.05, 0.1) is 11.6 Å². The second kappa shape index (κ2) is 7.19. The predicted molar refractivity (Wildman–Crippen MR) is 69.1 cm³/mol. The fourth-order valence-corrected chi connectivity index (χ4v) is 1.90. The van der Waals surface area contributed by atoms with Gasteiger partial charge >= 0.3 is 5.97 Å². The summed E-state index contributed by atoms with van der Waals surface area (Å²) < 4.78 is 10.7. The van der Waals surface area contributed by atoms with Gasteiger partial charge in [0.1, 0.15) is 0 Å². The first-order valence-electron chi connectivity index (χ1n) is 6.68. The molecule has 1 unspecified atom stereocenters. The lowest BCUT2D eigenvalue weighted by Gasteiger charge is -2.12. The van der Waals surface area contributed by atoms with Gasteiger partial charge < -0.3 is 9.15 Å². The van der Waals surface area contributed by atoms with Gasteiger partial charge in [-0.1, -0.05) is 26.7 Å². The molecule has 18 heavy (non-hydrogen) atoms. The number of aromatic nitrogens is 1. The van der Waals surface area contributed by atoms with Crippen LogP contribution < -0.4 is 0 Å². The minimum atomic E-state index is -0.126. The molecule has 0 N–H and O–H groups in total. The number of hydrogen-bond acceptors (Lipinski definition) is 4. The summed E-state index contributed by atoms with van der Waals surface area (Å²) in [6.45, 7) is 7.97. The minimum Gasteiger partial charge on any atom is -0.457 e. The highest BCUT2D eigenvalue weighted by atomic mass is 16.5. The van der Waals surface area contributed by atoms with Crippen LogP contribution in [0.15, 0.2) is 4.42 Å². The van der Waals surface area contributed by atoms with Crippen LogP contribution in [0.5, 0.6) is 0 Å². The molecule has 0 aromatic carbocycles. The van der Waals surface area contributed by atoms with Crippen molar-refractivity contribution in [2.24, 2.45) is 5.92 Å². The van der Waals surface area contributed by atoms with Gasteiger partial charge in [-0.05, 0) is 19.8 Å². The van der Waals surface area contributed by atoms with Crippen molar-refractivity contribution in [3.8, 4) is 0 Å². The molecule has 0 amide bonds. The van der Waals surface area contributed by atoms with Crippen LogP contribution in [-0.4, -0.2) is 11.0 Å². The number of ether oxygens (including phenoxy) is 1. The lowest BCUT2D eigenvalue weighted by atomic mass is 10.00. The number of oxazole rings is 1. The van der Waals surface area contributed by atoms with Crippen molar-refractivity contribution >= 4 is 5.97 Å². The zero-order chi connectivity index (χ0) is 13.5. The van der Waals surface area contributed by atoms with Crippen molar-refractivity contribution in [3.63, 3.8) is 0 Å². The maximum atomic E-state index is 11.9. The summed E-state index contributed by atoms with van der Waals surface area (Å²) in [5.74, 6) is 1.14. The van der Waals surface area contributed by atoms with Crippen molar-refractivity contribution in [2.45, 2.75) is 60.0 Å². The van der Waals surface area contributed by atoms with Gasteiger partial charge in [0, 0.05) is 6.92 Å². The zero-order valence-electron chi connectivity index (χ0n) is 11.8. The largest absolute Gasteiger partial charge is 0.457 e. The lowest BCUT2D eigenvalue weighted by Crippen LogP contribution is -2.17. The molecular formula is C14H23NO3. The Hall–Kier alpha value is -1.32. The smallest absolute Gasteiger partial charge is 0.309 e. The zero-order valence-corrected chi connectivity index (χ0v) is 11.8. The van der Waals surface area contributed by atoms with Crippen LogP contribution in [0, 0.1) is 19.8 Å². The fourth-order valence-electron chi connectivity index (χ4n) is 1.90. The van der Waals surface area contributed by atoms with E-state index in [4.69, 9.17) is 9.15 Å². The van der Waals surface area contributed by atoms with E-state index in [2.05, 4.69) is 11.9 Å². The number of aryl methyl sites for hydroxylation is 2. The Morgan fingerprint density at radius 3 is 2.61 bits per heavy atom. The summed E-state index contributed by atoms with van der Waals surface area (Å²) in [6, 6.07) is 0. The summed E-state index contributed by atoms with van der Waals surface area (Å²) >= 11 is 0. The first-order chi connectivity index (χ1) is 8.58. The van der Waals surface area contributed by atoms with Crippen molar-refractivity contribution in [1.82, 2.24) is 4.98 Å². The number of rotatable bonds is 7. The first-order valence-corrected chi connectivity index (χ1v) is 6.68. The molecule has 0 saturated heterocycles. The third-order valence-electron chi connectivity index (χ3n) is 3.08. The molecule has 4 nitrogen and oxygen atoms in total. The molecule has 102 valence electrons. The maximum absolute atomic E-state index is 11.9. The van der Waals surface area contributed by atoms with Crippen LogP contribution in [0.25, 0.3) is 0 Å². The van der Waals surface area contributed by atoms with Crippen molar-refractivity contribution < 1.29 is 13.9 Å². The van der Waals surface area contributed by atoms with Gasteiger partial charge in [0.15, 0.2) is 18.3 Å². The Morgan fingerprint density at radius 1 is 1.39 bits per heavy atom. The SMILES string of the molecule is CCCCC(CC)C(=O)OCc1oc(C)nc1C. The third-order valence-corrected chi connectivity index (χ3v) is 3.08. The molecule has 1 heterocycles. The van der Waals surface area contributed by atoms with Crippen molar-refractivity contribution in [3.05, 3.63) is 17.3 Å². The van der Waals surface area contributed by atoms with E-state index in [0.29, 0.717) is 11.7 Å². The molecule has 1 rings (SSSR count). The summed E-state index contributed by atoms with van der Waals surface area (Å²) in [6.07, 6.45) is 3.89. The number of carbonyl (C=O) groups excluding carboxylic acids is 1.